The van der Waals surface area contributed by atoms with E-state index >= 15 is 0 Å². The highest BCUT2D eigenvalue weighted by Crippen LogP contribution is 2.26. The first-order valence-corrected chi connectivity index (χ1v) is 5.47. The second-order valence-electron chi connectivity index (χ2n) is 4.21. The van der Waals surface area contributed by atoms with Crippen molar-refractivity contribution in [3.8, 4) is 11.5 Å². The van der Waals surface area contributed by atoms with Crippen molar-refractivity contribution in [3.05, 3.63) is 23.8 Å². The third-order valence-electron chi connectivity index (χ3n) is 3.01. The smallest absolute Gasteiger partial charge is 0.251 e. The SMILES string of the molecule is O=C(NCC1CCC1)c1ccc(O)c(O)c1. The lowest BCUT2D eigenvalue weighted by atomic mass is 9.85. The van der Waals surface area contributed by atoms with Crippen LogP contribution in [-0.2, 0) is 0 Å². The van der Waals surface area contributed by atoms with E-state index in [4.69, 9.17) is 5.11 Å². The Bertz CT molecular complexity index is 399. The summed E-state index contributed by atoms with van der Waals surface area (Å²) in [5.41, 5.74) is 0.370. The molecule has 1 aliphatic rings. The summed E-state index contributed by atoms with van der Waals surface area (Å²) in [6, 6.07) is 4.07. The largest absolute Gasteiger partial charge is 0.504 e. The Labute approximate surface area is 93.9 Å². The molecule has 0 unspecified atom stereocenters. The number of carbonyl (C=O) groups excluding carboxylic acids is 1. The zero-order chi connectivity index (χ0) is 11.5. The number of amides is 1. The van der Waals surface area contributed by atoms with Crippen LogP contribution in [0.5, 0.6) is 11.5 Å². The van der Waals surface area contributed by atoms with E-state index in [0.29, 0.717) is 18.0 Å². The number of benzene rings is 1. The molecule has 0 saturated heterocycles. The molecule has 4 nitrogen and oxygen atoms in total. The molecule has 4 heteroatoms. The van der Waals surface area contributed by atoms with Crippen LogP contribution in [0.4, 0.5) is 0 Å². The lowest BCUT2D eigenvalue weighted by Crippen LogP contribution is -2.32. The van der Waals surface area contributed by atoms with Crippen molar-refractivity contribution in [2.45, 2.75) is 19.3 Å². The van der Waals surface area contributed by atoms with E-state index in [1.165, 1.54) is 37.5 Å². The first-order valence-electron chi connectivity index (χ1n) is 5.47. The minimum Gasteiger partial charge on any atom is -0.504 e. The second kappa shape index (κ2) is 4.43. The Balaban J connectivity index is 1.94. The predicted molar refractivity (Wildman–Crippen MR) is 59.4 cm³/mol. The third kappa shape index (κ3) is 2.27. The van der Waals surface area contributed by atoms with Gasteiger partial charge in [0.15, 0.2) is 11.5 Å². The number of carbonyl (C=O) groups is 1. The molecule has 0 radical (unpaired) electrons. The molecule has 3 N–H and O–H groups in total. The van der Waals surface area contributed by atoms with Crippen molar-refractivity contribution in [3.63, 3.8) is 0 Å². The van der Waals surface area contributed by atoms with Gasteiger partial charge in [-0.3, -0.25) is 4.79 Å². The van der Waals surface area contributed by atoms with Gasteiger partial charge in [-0.25, -0.2) is 0 Å². The minimum atomic E-state index is -0.267. The van der Waals surface area contributed by atoms with E-state index < -0.39 is 0 Å². The monoisotopic (exact) mass is 221 g/mol. The fraction of sp³-hybridized carbons (Fsp3) is 0.417. The van der Waals surface area contributed by atoms with Gasteiger partial charge in [-0.1, -0.05) is 6.42 Å². The van der Waals surface area contributed by atoms with Crippen molar-refractivity contribution in [1.82, 2.24) is 5.32 Å². The van der Waals surface area contributed by atoms with E-state index in [-0.39, 0.29) is 17.4 Å². The molecule has 0 bridgehead atoms. The van der Waals surface area contributed by atoms with Crippen LogP contribution in [0.3, 0.4) is 0 Å². The van der Waals surface area contributed by atoms with Crippen LogP contribution in [0.25, 0.3) is 0 Å². The summed E-state index contributed by atoms with van der Waals surface area (Å²) in [5.74, 6) is -0.0799. The maximum Gasteiger partial charge on any atom is 0.251 e. The number of aromatic hydroxyl groups is 2. The van der Waals surface area contributed by atoms with Crippen LogP contribution in [0.2, 0.25) is 0 Å². The molecular formula is C12H15NO3. The van der Waals surface area contributed by atoms with Gasteiger partial charge in [0.2, 0.25) is 0 Å². The Morgan fingerprint density at radius 2 is 2.06 bits per heavy atom. The van der Waals surface area contributed by atoms with Crippen LogP contribution in [0, 0.1) is 5.92 Å². The van der Waals surface area contributed by atoms with Gasteiger partial charge in [-0.05, 0) is 37.0 Å². The van der Waals surface area contributed by atoms with Gasteiger partial charge in [-0.15, -0.1) is 0 Å². The molecule has 1 fully saturated rings. The molecule has 0 aliphatic heterocycles. The third-order valence-corrected chi connectivity index (χ3v) is 3.01. The average Bonchev–Trinajstić information content (AvgIpc) is 2.19. The summed E-state index contributed by atoms with van der Waals surface area (Å²) in [4.78, 5) is 11.6. The number of phenols is 2. The minimum absolute atomic E-state index is 0.206. The zero-order valence-electron chi connectivity index (χ0n) is 8.94. The fourth-order valence-electron chi connectivity index (χ4n) is 1.70. The number of hydrogen-bond donors (Lipinski definition) is 3. The number of nitrogens with one attached hydrogen (secondary N) is 1. The quantitative estimate of drug-likeness (QED) is 0.679. The van der Waals surface area contributed by atoms with Crippen LogP contribution >= 0.6 is 0 Å². The summed E-state index contributed by atoms with van der Waals surface area (Å²) >= 11 is 0. The van der Waals surface area contributed by atoms with E-state index in [9.17, 15) is 9.90 Å². The molecule has 1 amide bonds. The lowest BCUT2D eigenvalue weighted by molar-refractivity contribution is 0.0938. The lowest BCUT2D eigenvalue weighted by Gasteiger charge is -2.25. The normalized spacial score (nSPS) is 15.5. The Morgan fingerprint density at radius 3 is 2.62 bits per heavy atom. The van der Waals surface area contributed by atoms with Gasteiger partial charge in [-0.2, -0.15) is 0 Å². The van der Waals surface area contributed by atoms with Crippen LogP contribution in [-0.4, -0.2) is 22.7 Å². The molecule has 1 saturated carbocycles. The van der Waals surface area contributed by atoms with Gasteiger partial charge in [0.25, 0.3) is 5.91 Å². The topological polar surface area (TPSA) is 69.6 Å². The maximum atomic E-state index is 11.6. The zero-order valence-corrected chi connectivity index (χ0v) is 8.94. The maximum absolute atomic E-state index is 11.6. The van der Waals surface area contributed by atoms with Crippen LogP contribution < -0.4 is 5.32 Å². The number of hydrogen-bond acceptors (Lipinski definition) is 3. The van der Waals surface area contributed by atoms with Crippen LogP contribution in [0.15, 0.2) is 18.2 Å². The Morgan fingerprint density at radius 1 is 1.31 bits per heavy atom. The molecule has 1 aliphatic carbocycles. The van der Waals surface area contributed by atoms with Crippen molar-refractivity contribution in [1.29, 1.82) is 0 Å². The molecule has 16 heavy (non-hydrogen) atoms. The second-order valence-corrected chi connectivity index (χ2v) is 4.21. The summed E-state index contributed by atoms with van der Waals surface area (Å²) in [6.45, 7) is 0.695. The molecular weight excluding hydrogens is 206 g/mol. The highest BCUT2D eigenvalue weighted by molar-refractivity contribution is 5.94. The first-order chi connectivity index (χ1) is 7.66. The summed E-state index contributed by atoms with van der Waals surface area (Å²) < 4.78 is 0. The molecule has 0 atom stereocenters. The van der Waals surface area contributed by atoms with Gasteiger partial charge < -0.3 is 15.5 Å². The molecule has 0 aromatic heterocycles. The summed E-state index contributed by atoms with van der Waals surface area (Å²) in [6.07, 6.45) is 3.61. The highest BCUT2D eigenvalue weighted by Gasteiger charge is 2.18. The summed E-state index contributed by atoms with van der Waals surface area (Å²) in [7, 11) is 0. The molecule has 1 aromatic rings. The number of phenolic OH excluding ortho intramolecular Hbond substituents is 2. The molecule has 2 rings (SSSR count). The van der Waals surface area contributed by atoms with Gasteiger partial charge >= 0.3 is 0 Å². The van der Waals surface area contributed by atoms with Crippen molar-refractivity contribution >= 4 is 5.91 Å². The summed E-state index contributed by atoms with van der Waals surface area (Å²) in [5, 5.41) is 21.2. The first kappa shape index (κ1) is 10.8. The molecule has 0 heterocycles. The van der Waals surface area contributed by atoms with E-state index in [1.807, 2.05) is 0 Å². The predicted octanol–water partition coefficient (Wildman–Crippen LogP) is 1.63. The highest BCUT2D eigenvalue weighted by atomic mass is 16.3. The van der Waals surface area contributed by atoms with Gasteiger partial charge in [0.05, 0.1) is 0 Å². The standard InChI is InChI=1S/C12H15NO3/c14-10-5-4-9(6-11(10)15)12(16)13-7-8-2-1-3-8/h4-6,8,14-15H,1-3,7H2,(H,13,16). The molecule has 0 spiro atoms. The Kier molecular flexibility index (Phi) is 2.99. The number of rotatable bonds is 3. The van der Waals surface area contributed by atoms with Gasteiger partial charge in [0.1, 0.15) is 0 Å². The van der Waals surface area contributed by atoms with E-state index in [0.717, 1.165) is 0 Å². The van der Waals surface area contributed by atoms with E-state index in [1.54, 1.807) is 0 Å². The fourth-order valence-corrected chi connectivity index (χ4v) is 1.70. The van der Waals surface area contributed by atoms with Gasteiger partial charge in [0, 0.05) is 12.1 Å². The Hall–Kier alpha value is -1.71. The molecule has 86 valence electrons. The van der Waals surface area contributed by atoms with Crippen molar-refractivity contribution < 1.29 is 15.0 Å². The van der Waals surface area contributed by atoms with Crippen LogP contribution in [0.1, 0.15) is 29.6 Å². The van der Waals surface area contributed by atoms with Crippen molar-refractivity contribution in [2.75, 3.05) is 6.54 Å². The molecule has 1 aromatic carbocycles. The van der Waals surface area contributed by atoms with E-state index in [2.05, 4.69) is 5.32 Å². The van der Waals surface area contributed by atoms with Crippen molar-refractivity contribution in [2.24, 2.45) is 5.92 Å². The average molecular weight is 221 g/mol.